The Labute approximate surface area is 106 Å². The third kappa shape index (κ3) is 2.50. The van der Waals surface area contributed by atoms with E-state index in [2.05, 4.69) is 5.32 Å². The van der Waals surface area contributed by atoms with Gasteiger partial charge < -0.3 is 19.5 Å². The molecule has 1 aliphatic rings. The summed E-state index contributed by atoms with van der Waals surface area (Å²) in [6, 6.07) is 3.62. The molecule has 1 aliphatic carbocycles. The first-order chi connectivity index (χ1) is 8.69. The quantitative estimate of drug-likeness (QED) is 0.863. The fraction of sp³-hybridized carbons (Fsp3) is 0.462. The van der Waals surface area contributed by atoms with Crippen molar-refractivity contribution in [2.24, 2.45) is 0 Å². The number of carbonyl (C=O) groups excluding carboxylic acids is 1. The van der Waals surface area contributed by atoms with Crippen molar-refractivity contribution in [2.75, 3.05) is 21.3 Å². The first-order valence-corrected chi connectivity index (χ1v) is 5.80. The molecule has 0 saturated heterocycles. The Hall–Kier alpha value is -1.91. The average molecular weight is 251 g/mol. The zero-order valence-electron chi connectivity index (χ0n) is 10.8. The SMILES string of the molecule is COc1cc(C(=O)NC2CC2)cc(OC)c1OC. The molecule has 5 nitrogen and oxygen atoms in total. The summed E-state index contributed by atoms with van der Waals surface area (Å²) < 4.78 is 15.6. The van der Waals surface area contributed by atoms with E-state index in [1.54, 1.807) is 12.1 Å². The predicted octanol–water partition coefficient (Wildman–Crippen LogP) is 1.60. The summed E-state index contributed by atoms with van der Waals surface area (Å²) in [5.74, 6) is 1.34. The first kappa shape index (κ1) is 12.5. The van der Waals surface area contributed by atoms with Gasteiger partial charge in [0.2, 0.25) is 5.75 Å². The number of methoxy groups -OCH3 is 3. The fourth-order valence-electron chi connectivity index (χ4n) is 1.71. The van der Waals surface area contributed by atoms with Gasteiger partial charge in [0.25, 0.3) is 5.91 Å². The van der Waals surface area contributed by atoms with E-state index in [0.29, 0.717) is 28.9 Å². The van der Waals surface area contributed by atoms with Crippen molar-refractivity contribution in [1.29, 1.82) is 0 Å². The van der Waals surface area contributed by atoms with E-state index in [0.717, 1.165) is 12.8 Å². The number of carbonyl (C=O) groups is 1. The molecule has 0 aliphatic heterocycles. The first-order valence-electron chi connectivity index (χ1n) is 5.80. The molecule has 5 heteroatoms. The summed E-state index contributed by atoms with van der Waals surface area (Å²) in [7, 11) is 4.59. The smallest absolute Gasteiger partial charge is 0.251 e. The zero-order valence-corrected chi connectivity index (χ0v) is 10.8. The maximum atomic E-state index is 12.0. The molecule has 0 heterocycles. The molecule has 0 spiro atoms. The highest BCUT2D eigenvalue weighted by atomic mass is 16.5. The highest BCUT2D eigenvalue weighted by Crippen LogP contribution is 2.38. The van der Waals surface area contributed by atoms with Crippen LogP contribution in [0.2, 0.25) is 0 Å². The lowest BCUT2D eigenvalue weighted by molar-refractivity contribution is 0.0950. The third-order valence-electron chi connectivity index (χ3n) is 2.84. The van der Waals surface area contributed by atoms with E-state index >= 15 is 0 Å². The summed E-state index contributed by atoms with van der Waals surface area (Å²) in [5.41, 5.74) is 0.511. The minimum absolute atomic E-state index is 0.114. The molecule has 0 unspecified atom stereocenters. The Kier molecular flexibility index (Phi) is 3.60. The highest BCUT2D eigenvalue weighted by Gasteiger charge is 2.25. The van der Waals surface area contributed by atoms with Crippen LogP contribution in [-0.2, 0) is 0 Å². The molecule has 0 aromatic heterocycles. The van der Waals surface area contributed by atoms with E-state index in [4.69, 9.17) is 14.2 Å². The standard InChI is InChI=1S/C13H17NO4/c1-16-10-6-8(13(15)14-9-4-5-9)7-11(17-2)12(10)18-3/h6-7,9H,4-5H2,1-3H3,(H,14,15). The topological polar surface area (TPSA) is 56.8 Å². The van der Waals surface area contributed by atoms with Crippen LogP contribution in [0.1, 0.15) is 23.2 Å². The van der Waals surface area contributed by atoms with Crippen LogP contribution in [0, 0.1) is 0 Å². The van der Waals surface area contributed by atoms with Gasteiger partial charge in [0.1, 0.15) is 0 Å². The molecular weight excluding hydrogens is 234 g/mol. The molecule has 1 amide bonds. The van der Waals surface area contributed by atoms with Crippen molar-refractivity contribution in [3.8, 4) is 17.2 Å². The molecule has 1 aromatic carbocycles. The minimum atomic E-state index is -0.114. The van der Waals surface area contributed by atoms with Gasteiger partial charge in [0.05, 0.1) is 21.3 Å². The van der Waals surface area contributed by atoms with Gasteiger partial charge in [-0.2, -0.15) is 0 Å². The molecule has 18 heavy (non-hydrogen) atoms. The number of benzene rings is 1. The summed E-state index contributed by atoms with van der Waals surface area (Å²) in [6.45, 7) is 0. The molecule has 2 rings (SSSR count). The van der Waals surface area contributed by atoms with Gasteiger partial charge in [0.15, 0.2) is 11.5 Å². The molecule has 0 atom stereocenters. The minimum Gasteiger partial charge on any atom is -0.493 e. The van der Waals surface area contributed by atoms with E-state index < -0.39 is 0 Å². The van der Waals surface area contributed by atoms with Crippen molar-refractivity contribution in [2.45, 2.75) is 18.9 Å². The maximum absolute atomic E-state index is 12.0. The second kappa shape index (κ2) is 5.16. The summed E-state index contributed by atoms with van der Waals surface area (Å²) >= 11 is 0. The highest BCUT2D eigenvalue weighted by molar-refractivity contribution is 5.96. The third-order valence-corrected chi connectivity index (χ3v) is 2.84. The predicted molar refractivity (Wildman–Crippen MR) is 66.6 cm³/mol. The average Bonchev–Trinajstić information content (AvgIpc) is 3.20. The number of amides is 1. The van der Waals surface area contributed by atoms with Crippen LogP contribution in [0.3, 0.4) is 0 Å². The Balaban J connectivity index is 2.32. The van der Waals surface area contributed by atoms with Crippen molar-refractivity contribution >= 4 is 5.91 Å². The van der Waals surface area contributed by atoms with Gasteiger partial charge in [-0.05, 0) is 25.0 Å². The van der Waals surface area contributed by atoms with Gasteiger partial charge in [-0.15, -0.1) is 0 Å². The molecule has 1 saturated carbocycles. The van der Waals surface area contributed by atoms with Crippen LogP contribution in [0.15, 0.2) is 12.1 Å². The molecular formula is C13H17NO4. The Morgan fingerprint density at radius 2 is 1.67 bits per heavy atom. The van der Waals surface area contributed by atoms with Crippen LogP contribution in [0.5, 0.6) is 17.2 Å². The number of hydrogen-bond acceptors (Lipinski definition) is 4. The molecule has 1 N–H and O–H groups in total. The normalized spacial score (nSPS) is 13.9. The lowest BCUT2D eigenvalue weighted by atomic mass is 10.1. The molecule has 1 aromatic rings. The van der Waals surface area contributed by atoms with Gasteiger partial charge in [-0.1, -0.05) is 0 Å². The lowest BCUT2D eigenvalue weighted by Crippen LogP contribution is -2.25. The number of hydrogen-bond donors (Lipinski definition) is 1. The van der Waals surface area contributed by atoms with Crippen molar-refractivity contribution < 1.29 is 19.0 Å². The lowest BCUT2D eigenvalue weighted by Gasteiger charge is -2.13. The van der Waals surface area contributed by atoms with Crippen LogP contribution in [0.4, 0.5) is 0 Å². The van der Waals surface area contributed by atoms with Gasteiger partial charge in [-0.25, -0.2) is 0 Å². The number of nitrogens with one attached hydrogen (secondary N) is 1. The Morgan fingerprint density at radius 3 is 2.06 bits per heavy atom. The van der Waals surface area contributed by atoms with Crippen LogP contribution < -0.4 is 19.5 Å². The fourth-order valence-corrected chi connectivity index (χ4v) is 1.71. The molecule has 0 radical (unpaired) electrons. The van der Waals surface area contributed by atoms with Gasteiger partial charge >= 0.3 is 0 Å². The van der Waals surface area contributed by atoms with Crippen molar-refractivity contribution in [1.82, 2.24) is 5.32 Å². The van der Waals surface area contributed by atoms with Gasteiger partial charge in [0, 0.05) is 11.6 Å². The van der Waals surface area contributed by atoms with E-state index in [1.807, 2.05) is 0 Å². The Bertz CT molecular complexity index is 429. The van der Waals surface area contributed by atoms with Crippen LogP contribution in [-0.4, -0.2) is 33.3 Å². The zero-order chi connectivity index (χ0) is 13.1. The number of rotatable bonds is 5. The van der Waals surface area contributed by atoms with Crippen molar-refractivity contribution in [3.05, 3.63) is 17.7 Å². The summed E-state index contributed by atoms with van der Waals surface area (Å²) in [5, 5.41) is 2.92. The molecule has 98 valence electrons. The van der Waals surface area contributed by atoms with E-state index in [-0.39, 0.29) is 5.91 Å². The van der Waals surface area contributed by atoms with E-state index in [1.165, 1.54) is 21.3 Å². The summed E-state index contributed by atoms with van der Waals surface area (Å²) in [4.78, 5) is 12.0. The summed E-state index contributed by atoms with van der Waals surface area (Å²) in [6.07, 6.45) is 2.10. The van der Waals surface area contributed by atoms with Crippen LogP contribution in [0.25, 0.3) is 0 Å². The second-order valence-corrected chi connectivity index (χ2v) is 4.16. The van der Waals surface area contributed by atoms with Gasteiger partial charge in [-0.3, -0.25) is 4.79 Å². The largest absolute Gasteiger partial charge is 0.493 e. The monoisotopic (exact) mass is 251 g/mol. The maximum Gasteiger partial charge on any atom is 0.251 e. The molecule has 0 bridgehead atoms. The second-order valence-electron chi connectivity index (χ2n) is 4.16. The van der Waals surface area contributed by atoms with Crippen molar-refractivity contribution in [3.63, 3.8) is 0 Å². The Morgan fingerprint density at radius 1 is 1.11 bits per heavy atom. The number of ether oxygens (including phenoxy) is 3. The van der Waals surface area contributed by atoms with E-state index in [9.17, 15) is 4.79 Å². The molecule has 1 fully saturated rings. The van der Waals surface area contributed by atoms with Crippen LogP contribution >= 0.6 is 0 Å².